The molecule has 2 aliphatic heterocycles. The third-order valence-electron chi connectivity index (χ3n) is 6.66. The molecule has 3 aromatic carbocycles. The van der Waals surface area contributed by atoms with Crippen molar-refractivity contribution in [3.05, 3.63) is 97.2 Å². The number of rotatable bonds is 6. The summed E-state index contributed by atoms with van der Waals surface area (Å²) in [7, 11) is 0. The van der Waals surface area contributed by atoms with Crippen LogP contribution in [0.1, 0.15) is 0 Å². The SMILES string of the molecule is O=C(Nc1ccccc1)N[C@H]1CO[C@H]2[C@@H]1OC[C@@H]2Nc1nccc(-c2ccc(-c3ccccc3)cc2)n1. The molecule has 4 aromatic rings. The van der Waals surface area contributed by atoms with Gasteiger partial charge >= 0.3 is 6.03 Å². The lowest BCUT2D eigenvalue weighted by atomic mass is 10.0. The van der Waals surface area contributed by atoms with Crippen molar-refractivity contribution in [1.82, 2.24) is 15.3 Å². The molecule has 8 heteroatoms. The van der Waals surface area contributed by atoms with E-state index in [9.17, 15) is 4.79 Å². The fourth-order valence-corrected chi connectivity index (χ4v) is 4.82. The quantitative estimate of drug-likeness (QED) is 0.364. The van der Waals surface area contributed by atoms with Gasteiger partial charge in [-0.2, -0.15) is 0 Å². The van der Waals surface area contributed by atoms with E-state index in [-0.39, 0.29) is 30.3 Å². The minimum atomic E-state index is -0.283. The second-order valence-electron chi connectivity index (χ2n) is 9.13. The Morgan fingerprint density at radius 3 is 2.11 bits per heavy atom. The summed E-state index contributed by atoms with van der Waals surface area (Å²) in [5, 5.41) is 9.18. The van der Waals surface area contributed by atoms with Gasteiger partial charge in [-0.05, 0) is 29.3 Å². The third kappa shape index (κ3) is 5.16. The first-order chi connectivity index (χ1) is 18.2. The number of urea groups is 1. The number of carbonyl (C=O) groups excluding carboxylic acids is 1. The molecule has 2 amide bonds. The van der Waals surface area contributed by atoms with Crippen molar-refractivity contribution in [2.45, 2.75) is 24.3 Å². The van der Waals surface area contributed by atoms with Crippen LogP contribution in [0.2, 0.25) is 0 Å². The van der Waals surface area contributed by atoms with E-state index >= 15 is 0 Å². The molecule has 2 fully saturated rings. The minimum Gasteiger partial charge on any atom is -0.371 e. The molecule has 4 atom stereocenters. The Morgan fingerprint density at radius 1 is 0.730 bits per heavy atom. The zero-order chi connectivity index (χ0) is 25.0. The first-order valence-corrected chi connectivity index (χ1v) is 12.3. The van der Waals surface area contributed by atoms with E-state index in [4.69, 9.17) is 14.5 Å². The molecule has 8 nitrogen and oxygen atoms in total. The van der Waals surface area contributed by atoms with E-state index in [1.807, 2.05) is 54.6 Å². The van der Waals surface area contributed by atoms with Gasteiger partial charge in [-0.1, -0.05) is 72.8 Å². The van der Waals surface area contributed by atoms with Crippen LogP contribution in [0.4, 0.5) is 16.4 Å². The fraction of sp³-hybridized carbons (Fsp3) is 0.207. The maximum atomic E-state index is 12.4. The number of fused-ring (bicyclic) bond motifs is 1. The predicted molar refractivity (Wildman–Crippen MR) is 142 cm³/mol. The molecule has 2 aliphatic rings. The number of anilines is 2. The van der Waals surface area contributed by atoms with Gasteiger partial charge in [0.15, 0.2) is 0 Å². The topological polar surface area (TPSA) is 97.4 Å². The molecule has 2 saturated heterocycles. The zero-order valence-electron chi connectivity index (χ0n) is 20.1. The van der Waals surface area contributed by atoms with Crippen LogP contribution in [-0.4, -0.2) is 53.5 Å². The number of aromatic nitrogens is 2. The lowest BCUT2D eigenvalue weighted by Crippen LogP contribution is -2.46. The number of nitrogens with one attached hydrogen (secondary N) is 3. The predicted octanol–water partition coefficient (Wildman–Crippen LogP) is 4.58. The van der Waals surface area contributed by atoms with Gasteiger partial charge < -0.3 is 25.4 Å². The summed E-state index contributed by atoms with van der Waals surface area (Å²) in [6.45, 7) is 0.817. The lowest BCUT2D eigenvalue weighted by molar-refractivity contribution is 0.0683. The van der Waals surface area contributed by atoms with Gasteiger partial charge in [-0.3, -0.25) is 0 Å². The van der Waals surface area contributed by atoms with Gasteiger partial charge in [0, 0.05) is 17.4 Å². The van der Waals surface area contributed by atoms with Crippen LogP contribution in [0.15, 0.2) is 97.2 Å². The lowest BCUT2D eigenvalue weighted by Gasteiger charge is -2.18. The Kier molecular flexibility index (Phi) is 6.49. The molecule has 0 bridgehead atoms. The molecular weight excluding hydrogens is 466 g/mol. The van der Waals surface area contributed by atoms with Crippen molar-refractivity contribution >= 4 is 17.7 Å². The first kappa shape index (κ1) is 23.1. The van der Waals surface area contributed by atoms with Crippen molar-refractivity contribution in [2.75, 3.05) is 23.8 Å². The zero-order valence-corrected chi connectivity index (χ0v) is 20.1. The van der Waals surface area contributed by atoms with Crippen LogP contribution in [0.5, 0.6) is 0 Å². The van der Waals surface area contributed by atoms with Crippen LogP contribution in [0.25, 0.3) is 22.4 Å². The third-order valence-corrected chi connectivity index (χ3v) is 6.66. The Balaban J connectivity index is 1.08. The Hall–Kier alpha value is -4.27. The Morgan fingerprint density at radius 2 is 1.35 bits per heavy atom. The van der Waals surface area contributed by atoms with E-state index in [2.05, 4.69) is 57.3 Å². The Labute approximate surface area is 215 Å². The summed E-state index contributed by atoms with van der Waals surface area (Å²) in [4.78, 5) is 21.6. The number of hydrogen-bond acceptors (Lipinski definition) is 6. The molecule has 1 aromatic heterocycles. The second-order valence-corrected chi connectivity index (χ2v) is 9.13. The number of benzene rings is 3. The minimum absolute atomic E-state index is 0.121. The van der Waals surface area contributed by atoms with Gasteiger partial charge in [-0.25, -0.2) is 14.8 Å². The standard InChI is InChI=1S/C29H27N5O3/c35-29(31-22-9-5-2-6-10-22)34-25-18-37-26-24(17-36-27(25)26)33-28-30-16-15-23(32-28)21-13-11-20(12-14-21)19-7-3-1-4-8-19/h1-16,24-27H,17-18H2,(H,30,32,33)(H2,31,34,35)/t24-,25-,26+,27+/m0/s1. The average Bonchev–Trinajstić information content (AvgIpc) is 3.53. The van der Waals surface area contributed by atoms with Crippen molar-refractivity contribution in [3.8, 4) is 22.4 Å². The normalized spacial score (nSPS) is 22.3. The second kappa shape index (κ2) is 10.4. The van der Waals surface area contributed by atoms with Gasteiger partial charge in [-0.15, -0.1) is 0 Å². The fourth-order valence-electron chi connectivity index (χ4n) is 4.82. The smallest absolute Gasteiger partial charge is 0.319 e. The summed E-state index contributed by atoms with van der Waals surface area (Å²) in [5.41, 5.74) is 4.91. The molecule has 6 rings (SSSR count). The number of para-hydroxylation sites is 1. The molecule has 0 radical (unpaired) electrons. The van der Waals surface area contributed by atoms with E-state index in [0.29, 0.717) is 19.2 Å². The highest BCUT2D eigenvalue weighted by molar-refractivity contribution is 5.89. The van der Waals surface area contributed by atoms with Crippen molar-refractivity contribution < 1.29 is 14.3 Å². The van der Waals surface area contributed by atoms with Crippen LogP contribution >= 0.6 is 0 Å². The number of ether oxygens (including phenoxy) is 2. The average molecular weight is 494 g/mol. The van der Waals surface area contributed by atoms with Crippen LogP contribution in [0.3, 0.4) is 0 Å². The number of nitrogens with zero attached hydrogens (tertiary/aromatic N) is 2. The van der Waals surface area contributed by atoms with Gasteiger partial charge in [0.1, 0.15) is 12.2 Å². The number of hydrogen-bond donors (Lipinski definition) is 3. The van der Waals surface area contributed by atoms with E-state index in [1.165, 1.54) is 5.56 Å². The summed E-state index contributed by atoms with van der Waals surface area (Å²) in [6.07, 6.45) is 1.30. The largest absolute Gasteiger partial charge is 0.371 e. The summed E-state index contributed by atoms with van der Waals surface area (Å²) >= 11 is 0. The molecule has 0 spiro atoms. The van der Waals surface area contributed by atoms with E-state index in [0.717, 1.165) is 22.5 Å². The number of amides is 2. The van der Waals surface area contributed by atoms with E-state index in [1.54, 1.807) is 6.20 Å². The highest BCUT2D eigenvalue weighted by Gasteiger charge is 2.48. The molecule has 3 heterocycles. The Bertz CT molecular complexity index is 1350. The number of carbonyl (C=O) groups is 1. The maximum absolute atomic E-state index is 12.4. The van der Waals surface area contributed by atoms with Gasteiger partial charge in [0.25, 0.3) is 0 Å². The molecule has 0 aliphatic carbocycles. The molecule has 3 N–H and O–H groups in total. The summed E-state index contributed by atoms with van der Waals surface area (Å²) in [5.74, 6) is 0.515. The van der Waals surface area contributed by atoms with Crippen LogP contribution in [0, 0.1) is 0 Å². The molecule has 0 unspecified atom stereocenters. The highest BCUT2D eigenvalue weighted by Crippen LogP contribution is 2.29. The van der Waals surface area contributed by atoms with Crippen LogP contribution in [-0.2, 0) is 9.47 Å². The molecule has 186 valence electrons. The van der Waals surface area contributed by atoms with Gasteiger partial charge in [0.2, 0.25) is 5.95 Å². The first-order valence-electron chi connectivity index (χ1n) is 12.3. The van der Waals surface area contributed by atoms with E-state index < -0.39 is 0 Å². The van der Waals surface area contributed by atoms with Crippen LogP contribution < -0.4 is 16.0 Å². The van der Waals surface area contributed by atoms with Crippen molar-refractivity contribution in [2.24, 2.45) is 0 Å². The highest BCUT2D eigenvalue weighted by atomic mass is 16.6. The van der Waals surface area contributed by atoms with Crippen molar-refractivity contribution in [1.29, 1.82) is 0 Å². The summed E-state index contributed by atoms with van der Waals surface area (Å²) < 4.78 is 12.0. The summed E-state index contributed by atoms with van der Waals surface area (Å²) in [6, 6.07) is 29.2. The monoisotopic (exact) mass is 493 g/mol. The van der Waals surface area contributed by atoms with Crippen molar-refractivity contribution in [3.63, 3.8) is 0 Å². The molecule has 37 heavy (non-hydrogen) atoms. The molecule has 0 saturated carbocycles. The maximum Gasteiger partial charge on any atom is 0.319 e. The van der Waals surface area contributed by atoms with Gasteiger partial charge in [0.05, 0.1) is 31.0 Å². The molecular formula is C29H27N5O3.